The number of rotatable bonds is 3. The van der Waals surface area contributed by atoms with E-state index < -0.39 is 33.7 Å². The van der Waals surface area contributed by atoms with Gasteiger partial charge in [-0.25, -0.2) is 4.39 Å². The topological polar surface area (TPSA) is 72.2 Å². The van der Waals surface area contributed by atoms with Crippen molar-refractivity contribution < 1.29 is 18.5 Å². The lowest BCUT2D eigenvalue weighted by molar-refractivity contribution is -0.387. The zero-order valence-electron chi connectivity index (χ0n) is 10.3. The summed E-state index contributed by atoms with van der Waals surface area (Å²) in [5.74, 6) is -3.39. The van der Waals surface area contributed by atoms with Gasteiger partial charge in [-0.15, -0.1) is 0 Å². The monoisotopic (exact) mass is 404 g/mol. The van der Waals surface area contributed by atoms with Gasteiger partial charge < -0.3 is 5.32 Å². The predicted octanol–water partition coefficient (Wildman–Crippen LogP) is 3.73. The Morgan fingerprint density at radius 1 is 1.24 bits per heavy atom. The summed E-state index contributed by atoms with van der Waals surface area (Å²) in [5.41, 5.74) is -1.43. The number of carbonyl (C=O) groups is 1. The maximum Gasteiger partial charge on any atom is 0.308 e. The second kappa shape index (κ2) is 6.12. The van der Waals surface area contributed by atoms with Crippen LogP contribution in [0.2, 0.25) is 0 Å². The second-order valence-corrected chi connectivity index (χ2v) is 5.25. The maximum absolute atomic E-state index is 13.9. The molecule has 0 aromatic heterocycles. The molecule has 0 radical (unpaired) electrons. The quantitative estimate of drug-likeness (QED) is 0.482. The lowest BCUT2D eigenvalue weighted by Gasteiger charge is -2.07. The average molecular weight is 404 g/mol. The van der Waals surface area contributed by atoms with Crippen LogP contribution in [0.1, 0.15) is 10.4 Å². The van der Waals surface area contributed by atoms with Crippen LogP contribution in [-0.2, 0) is 0 Å². The molecule has 2 aromatic carbocycles. The minimum atomic E-state index is -1.37. The Labute approximate surface area is 131 Å². The SMILES string of the molecule is O=C(Nc1cccc(I)c1)c1cc(F)cc([N+](=O)[O-])c1F. The number of hydrogen-bond acceptors (Lipinski definition) is 3. The Morgan fingerprint density at radius 3 is 2.57 bits per heavy atom. The van der Waals surface area contributed by atoms with Gasteiger partial charge in [-0.3, -0.25) is 14.9 Å². The highest BCUT2D eigenvalue weighted by molar-refractivity contribution is 14.1. The third-order valence-electron chi connectivity index (χ3n) is 2.54. The number of hydrogen-bond donors (Lipinski definition) is 1. The molecule has 0 saturated heterocycles. The normalized spacial score (nSPS) is 10.2. The molecule has 1 N–H and O–H groups in total. The van der Waals surface area contributed by atoms with E-state index in [9.17, 15) is 23.7 Å². The van der Waals surface area contributed by atoms with E-state index in [0.29, 0.717) is 17.8 Å². The van der Waals surface area contributed by atoms with Crippen molar-refractivity contribution in [2.24, 2.45) is 0 Å². The number of benzene rings is 2. The van der Waals surface area contributed by atoms with Gasteiger partial charge in [-0.2, -0.15) is 4.39 Å². The summed E-state index contributed by atoms with van der Waals surface area (Å²) < 4.78 is 28.0. The predicted molar refractivity (Wildman–Crippen MR) is 80.1 cm³/mol. The van der Waals surface area contributed by atoms with Crippen LogP contribution >= 0.6 is 22.6 Å². The highest BCUT2D eigenvalue weighted by Gasteiger charge is 2.24. The summed E-state index contributed by atoms with van der Waals surface area (Å²) in [4.78, 5) is 21.5. The van der Waals surface area contributed by atoms with Gasteiger partial charge in [0, 0.05) is 9.26 Å². The van der Waals surface area contributed by atoms with E-state index in [1.54, 1.807) is 24.3 Å². The van der Waals surface area contributed by atoms with Crippen LogP contribution in [0.25, 0.3) is 0 Å². The number of nitrogens with one attached hydrogen (secondary N) is 1. The van der Waals surface area contributed by atoms with Crippen LogP contribution in [0.4, 0.5) is 20.2 Å². The molecule has 8 heteroatoms. The van der Waals surface area contributed by atoms with Crippen molar-refractivity contribution in [3.63, 3.8) is 0 Å². The molecule has 21 heavy (non-hydrogen) atoms. The Kier molecular flexibility index (Phi) is 4.46. The third-order valence-corrected chi connectivity index (χ3v) is 3.21. The van der Waals surface area contributed by atoms with E-state index >= 15 is 0 Å². The Hall–Kier alpha value is -2.10. The number of amides is 1. The highest BCUT2D eigenvalue weighted by Crippen LogP contribution is 2.23. The smallest absolute Gasteiger partial charge is 0.308 e. The Bertz CT molecular complexity index is 737. The Morgan fingerprint density at radius 2 is 1.95 bits per heavy atom. The standard InChI is InChI=1S/C13H7F2IN2O3/c14-7-4-10(12(15)11(5-7)18(20)21)13(19)17-9-3-1-2-8(16)6-9/h1-6H,(H,17,19). The molecule has 0 aliphatic heterocycles. The lowest BCUT2D eigenvalue weighted by Crippen LogP contribution is -2.15. The molecule has 2 rings (SSSR count). The van der Waals surface area contributed by atoms with Gasteiger partial charge in [0.2, 0.25) is 5.82 Å². The van der Waals surface area contributed by atoms with Crippen molar-refractivity contribution in [2.75, 3.05) is 5.32 Å². The number of carbonyl (C=O) groups excluding carboxylic acids is 1. The van der Waals surface area contributed by atoms with E-state index in [0.717, 1.165) is 3.57 Å². The van der Waals surface area contributed by atoms with Crippen molar-refractivity contribution in [3.05, 3.63) is 67.3 Å². The van der Waals surface area contributed by atoms with Crippen LogP contribution < -0.4 is 5.32 Å². The van der Waals surface area contributed by atoms with Gasteiger partial charge in [-0.05, 0) is 46.9 Å². The maximum atomic E-state index is 13.9. The largest absolute Gasteiger partial charge is 0.322 e. The minimum Gasteiger partial charge on any atom is -0.322 e. The number of nitro benzene ring substituents is 1. The van der Waals surface area contributed by atoms with Crippen LogP contribution in [0.15, 0.2) is 36.4 Å². The molecule has 5 nitrogen and oxygen atoms in total. The number of anilines is 1. The van der Waals surface area contributed by atoms with Crippen molar-refractivity contribution in [1.29, 1.82) is 0 Å². The molecule has 108 valence electrons. The molecule has 0 aliphatic rings. The third kappa shape index (κ3) is 3.51. The molecule has 0 fully saturated rings. The molecule has 0 atom stereocenters. The first-order valence-electron chi connectivity index (χ1n) is 5.59. The van der Waals surface area contributed by atoms with E-state index in [1.807, 2.05) is 22.6 Å². The summed E-state index contributed by atoms with van der Waals surface area (Å²) in [6, 6.07) is 7.67. The second-order valence-electron chi connectivity index (χ2n) is 4.01. The van der Waals surface area contributed by atoms with Gasteiger partial charge in [0.15, 0.2) is 0 Å². The number of nitrogens with zero attached hydrogens (tertiary/aromatic N) is 1. The van der Waals surface area contributed by atoms with Gasteiger partial charge in [-0.1, -0.05) is 6.07 Å². The fourth-order valence-corrected chi connectivity index (χ4v) is 2.18. The van der Waals surface area contributed by atoms with Gasteiger partial charge in [0.25, 0.3) is 5.91 Å². The first-order valence-corrected chi connectivity index (χ1v) is 6.66. The molecule has 0 aliphatic carbocycles. The molecule has 0 bridgehead atoms. The van der Waals surface area contributed by atoms with E-state index in [2.05, 4.69) is 5.32 Å². The van der Waals surface area contributed by atoms with Crippen LogP contribution in [-0.4, -0.2) is 10.8 Å². The molecule has 0 unspecified atom stereocenters. The summed E-state index contributed by atoms with van der Waals surface area (Å²) in [6.07, 6.45) is 0. The molecule has 0 heterocycles. The van der Waals surface area contributed by atoms with Crippen LogP contribution in [0.5, 0.6) is 0 Å². The van der Waals surface area contributed by atoms with Crippen molar-refractivity contribution in [3.8, 4) is 0 Å². The highest BCUT2D eigenvalue weighted by atomic mass is 127. The molecule has 1 amide bonds. The van der Waals surface area contributed by atoms with Crippen LogP contribution in [0, 0.1) is 25.3 Å². The zero-order chi connectivity index (χ0) is 15.6. The first-order chi connectivity index (χ1) is 9.88. The van der Waals surface area contributed by atoms with Crippen molar-refractivity contribution in [1.82, 2.24) is 0 Å². The van der Waals surface area contributed by atoms with Crippen molar-refractivity contribution in [2.45, 2.75) is 0 Å². The molecular formula is C13H7F2IN2O3. The summed E-state index contributed by atoms with van der Waals surface area (Å²) in [6.45, 7) is 0. The van der Waals surface area contributed by atoms with Gasteiger partial charge in [0.05, 0.1) is 16.6 Å². The van der Waals surface area contributed by atoms with Gasteiger partial charge >= 0.3 is 5.69 Å². The fourth-order valence-electron chi connectivity index (χ4n) is 1.64. The van der Waals surface area contributed by atoms with Crippen LogP contribution in [0.3, 0.4) is 0 Å². The average Bonchev–Trinajstić information content (AvgIpc) is 2.40. The van der Waals surface area contributed by atoms with Gasteiger partial charge in [0.1, 0.15) is 5.82 Å². The van der Waals surface area contributed by atoms with E-state index in [-0.39, 0.29) is 0 Å². The molecular weight excluding hydrogens is 397 g/mol. The minimum absolute atomic E-state index is 0.373. The molecule has 0 saturated carbocycles. The first kappa shape index (κ1) is 15.3. The number of nitro groups is 1. The van der Waals surface area contributed by atoms with Crippen molar-refractivity contribution >= 4 is 39.9 Å². The number of halogens is 3. The van der Waals surface area contributed by atoms with E-state index in [4.69, 9.17) is 0 Å². The molecule has 2 aromatic rings. The summed E-state index contributed by atoms with van der Waals surface area (Å²) in [5, 5.41) is 13.0. The Balaban J connectivity index is 2.37. The lowest BCUT2D eigenvalue weighted by atomic mass is 10.1. The molecule has 0 spiro atoms. The zero-order valence-corrected chi connectivity index (χ0v) is 12.4. The van der Waals surface area contributed by atoms with E-state index in [1.165, 1.54) is 0 Å². The summed E-state index contributed by atoms with van der Waals surface area (Å²) in [7, 11) is 0. The summed E-state index contributed by atoms with van der Waals surface area (Å²) >= 11 is 2.02. The fraction of sp³-hybridized carbons (Fsp3) is 0.